The first-order chi connectivity index (χ1) is 8.11. The molecule has 1 aromatic rings. The fourth-order valence-corrected chi connectivity index (χ4v) is 2.60. The normalized spacial score (nSPS) is 14.4. The number of nitrogen functional groups attached to an aromatic ring is 1. The largest absolute Gasteiger partial charge is 0.399 e. The topological polar surface area (TPSA) is 75.4 Å². The number of likely N-dealkylation sites (N-methyl/N-ethyl adjacent to an activating group) is 1. The summed E-state index contributed by atoms with van der Waals surface area (Å²) in [4.78, 5) is 25.6. The third-order valence-electron chi connectivity index (χ3n) is 2.51. The zero-order valence-corrected chi connectivity index (χ0v) is 10.2. The first-order valence-electron chi connectivity index (χ1n) is 5.15. The fraction of sp³-hybridized carbons (Fsp3) is 0.273. The number of rotatable bonds is 2. The number of fused-ring (bicyclic) bond motifs is 1. The van der Waals surface area contributed by atoms with Crippen molar-refractivity contribution < 1.29 is 9.59 Å². The van der Waals surface area contributed by atoms with Crippen LogP contribution in [0, 0.1) is 0 Å². The van der Waals surface area contributed by atoms with Crippen molar-refractivity contribution in [2.24, 2.45) is 0 Å². The number of carbonyl (C=O) groups excluding carboxylic acids is 2. The minimum Gasteiger partial charge on any atom is -0.399 e. The molecule has 90 valence electrons. The molecule has 5 nitrogen and oxygen atoms in total. The SMILES string of the molecule is CNC(=O)CN1C(=O)CSc2cc(N)ccc21. The van der Waals surface area contributed by atoms with Crippen LogP contribution in [0.15, 0.2) is 23.1 Å². The molecule has 0 saturated carbocycles. The maximum atomic E-state index is 11.8. The molecule has 0 aromatic heterocycles. The van der Waals surface area contributed by atoms with Gasteiger partial charge >= 0.3 is 0 Å². The third-order valence-corrected chi connectivity index (χ3v) is 3.54. The van der Waals surface area contributed by atoms with Gasteiger partial charge < -0.3 is 16.0 Å². The first-order valence-corrected chi connectivity index (χ1v) is 6.13. The molecule has 2 rings (SSSR count). The number of carbonyl (C=O) groups is 2. The Kier molecular flexibility index (Phi) is 3.23. The van der Waals surface area contributed by atoms with Crippen LogP contribution in [0.2, 0.25) is 0 Å². The predicted molar refractivity (Wildman–Crippen MR) is 68.0 cm³/mol. The Morgan fingerprint density at radius 3 is 3.06 bits per heavy atom. The van der Waals surface area contributed by atoms with Crippen molar-refractivity contribution in [2.45, 2.75) is 4.90 Å². The van der Waals surface area contributed by atoms with Gasteiger partial charge in [0, 0.05) is 17.6 Å². The minimum absolute atomic E-state index is 0.0484. The first kappa shape index (κ1) is 11.8. The summed E-state index contributed by atoms with van der Waals surface area (Å²) in [5.41, 5.74) is 7.10. The van der Waals surface area contributed by atoms with Gasteiger partial charge in [0.05, 0.1) is 11.4 Å². The Labute approximate surface area is 103 Å². The summed E-state index contributed by atoms with van der Waals surface area (Å²) < 4.78 is 0. The van der Waals surface area contributed by atoms with Crippen molar-refractivity contribution in [3.05, 3.63) is 18.2 Å². The molecule has 17 heavy (non-hydrogen) atoms. The standard InChI is InChI=1S/C11H13N3O2S/c1-13-10(15)5-14-8-3-2-7(12)4-9(8)17-6-11(14)16/h2-4H,5-6,12H2,1H3,(H,13,15). The average Bonchev–Trinajstić information content (AvgIpc) is 2.32. The molecule has 0 radical (unpaired) electrons. The lowest BCUT2D eigenvalue weighted by atomic mass is 10.2. The highest BCUT2D eigenvalue weighted by atomic mass is 32.2. The molecule has 0 aliphatic carbocycles. The lowest BCUT2D eigenvalue weighted by Crippen LogP contribution is -2.42. The van der Waals surface area contributed by atoms with E-state index in [4.69, 9.17) is 5.73 Å². The van der Waals surface area contributed by atoms with Gasteiger partial charge in [0.25, 0.3) is 0 Å². The average molecular weight is 251 g/mol. The van der Waals surface area contributed by atoms with Crippen LogP contribution in [0.3, 0.4) is 0 Å². The number of anilines is 2. The van der Waals surface area contributed by atoms with E-state index in [1.54, 1.807) is 19.2 Å². The quantitative estimate of drug-likeness (QED) is 0.748. The van der Waals surface area contributed by atoms with E-state index in [2.05, 4.69) is 5.32 Å². The van der Waals surface area contributed by atoms with Crippen LogP contribution in [0.4, 0.5) is 11.4 Å². The maximum Gasteiger partial charge on any atom is 0.239 e. The van der Waals surface area contributed by atoms with Gasteiger partial charge in [0.1, 0.15) is 6.54 Å². The Hall–Kier alpha value is -1.69. The summed E-state index contributed by atoms with van der Waals surface area (Å²) in [5, 5.41) is 2.51. The molecule has 2 amide bonds. The van der Waals surface area contributed by atoms with Crippen molar-refractivity contribution >= 4 is 35.0 Å². The molecule has 0 fully saturated rings. The van der Waals surface area contributed by atoms with Crippen molar-refractivity contribution in [1.82, 2.24) is 5.32 Å². The predicted octanol–water partition coefficient (Wildman–Crippen LogP) is 0.453. The molecule has 1 aromatic carbocycles. The van der Waals surface area contributed by atoms with E-state index >= 15 is 0 Å². The second-order valence-corrected chi connectivity index (χ2v) is 4.69. The van der Waals surface area contributed by atoms with Gasteiger partial charge in [-0.05, 0) is 18.2 Å². The third kappa shape index (κ3) is 2.36. The van der Waals surface area contributed by atoms with Gasteiger partial charge in [-0.15, -0.1) is 11.8 Å². The highest BCUT2D eigenvalue weighted by molar-refractivity contribution is 8.00. The number of nitrogens with one attached hydrogen (secondary N) is 1. The van der Waals surface area contributed by atoms with Gasteiger partial charge in [-0.3, -0.25) is 9.59 Å². The molecular formula is C11H13N3O2S. The highest BCUT2D eigenvalue weighted by Crippen LogP contribution is 2.36. The number of nitrogens with two attached hydrogens (primary N) is 1. The van der Waals surface area contributed by atoms with Crippen LogP contribution in [0.1, 0.15) is 0 Å². The van der Waals surface area contributed by atoms with Crippen LogP contribution < -0.4 is 16.0 Å². The minimum atomic E-state index is -0.187. The maximum absolute atomic E-state index is 11.8. The number of amides is 2. The van der Waals surface area contributed by atoms with E-state index in [1.807, 2.05) is 6.07 Å². The Bertz CT molecular complexity index is 476. The van der Waals surface area contributed by atoms with Gasteiger partial charge in [0.2, 0.25) is 11.8 Å². The summed E-state index contributed by atoms with van der Waals surface area (Å²) in [6, 6.07) is 5.33. The highest BCUT2D eigenvalue weighted by Gasteiger charge is 2.26. The number of benzene rings is 1. The smallest absolute Gasteiger partial charge is 0.239 e. The van der Waals surface area contributed by atoms with E-state index in [-0.39, 0.29) is 18.4 Å². The second-order valence-electron chi connectivity index (χ2n) is 3.67. The van der Waals surface area contributed by atoms with Gasteiger partial charge in [-0.2, -0.15) is 0 Å². The number of thioether (sulfide) groups is 1. The summed E-state index contributed by atoms with van der Waals surface area (Å²) in [6.07, 6.45) is 0. The summed E-state index contributed by atoms with van der Waals surface area (Å²) in [5.74, 6) is 0.0943. The van der Waals surface area contributed by atoms with Crippen LogP contribution in [0.5, 0.6) is 0 Å². The number of hydrogen-bond donors (Lipinski definition) is 2. The molecular weight excluding hydrogens is 238 g/mol. The molecule has 0 bridgehead atoms. The van der Waals surface area contributed by atoms with E-state index in [9.17, 15) is 9.59 Å². The van der Waals surface area contributed by atoms with E-state index in [0.29, 0.717) is 11.4 Å². The van der Waals surface area contributed by atoms with E-state index in [1.165, 1.54) is 16.7 Å². The van der Waals surface area contributed by atoms with Gasteiger partial charge in [-0.25, -0.2) is 0 Å². The molecule has 0 unspecified atom stereocenters. The Morgan fingerprint density at radius 2 is 2.35 bits per heavy atom. The van der Waals surface area contributed by atoms with E-state index in [0.717, 1.165) is 10.6 Å². The molecule has 0 saturated heterocycles. The van der Waals surface area contributed by atoms with Crippen molar-refractivity contribution in [3.8, 4) is 0 Å². The Balaban J connectivity index is 2.33. The van der Waals surface area contributed by atoms with Gasteiger partial charge in [0.15, 0.2) is 0 Å². The van der Waals surface area contributed by atoms with Crippen molar-refractivity contribution in [2.75, 3.05) is 30.0 Å². The Morgan fingerprint density at radius 1 is 1.59 bits per heavy atom. The van der Waals surface area contributed by atoms with Crippen molar-refractivity contribution in [1.29, 1.82) is 0 Å². The van der Waals surface area contributed by atoms with Crippen LogP contribution in [-0.4, -0.2) is 31.2 Å². The lowest BCUT2D eigenvalue weighted by Gasteiger charge is -2.28. The molecule has 1 aliphatic rings. The second kappa shape index (κ2) is 4.67. The lowest BCUT2D eigenvalue weighted by molar-refractivity contribution is -0.122. The number of nitrogens with zero attached hydrogens (tertiary/aromatic N) is 1. The molecule has 1 aliphatic heterocycles. The van der Waals surface area contributed by atoms with Gasteiger partial charge in [-0.1, -0.05) is 0 Å². The van der Waals surface area contributed by atoms with Crippen molar-refractivity contribution in [3.63, 3.8) is 0 Å². The monoisotopic (exact) mass is 251 g/mol. The zero-order valence-electron chi connectivity index (χ0n) is 9.40. The summed E-state index contributed by atoms with van der Waals surface area (Å²) >= 11 is 1.45. The molecule has 6 heteroatoms. The van der Waals surface area contributed by atoms with Crippen LogP contribution in [0.25, 0.3) is 0 Å². The summed E-state index contributed by atoms with van der Waals surface area (Å²) in [6.45, 7) is 0.0484. The molecule has 0 spiro atoms. The molecule has 0 atom stereocenters. The van der Waals surface area contributed by atoms with Crippen LogP contribution in [-0.2, 0) is 9.59 Å². The van der Waals surface area contributed by atoms with Crippen LogP contribution >= 0.6 is 11.8 Å². The number of hydrogen-bond acceptors (Lipinski definition) is 4. The molecule has 3 N–H and O–H groups in total. The van der Waals surface area contributed by atoms with E-state index < -0.39 is 0 Å². The fourth-order valence-electron chi connectivity index (χ4n) is 1.62. The zero-order chi connectivity index (χ0) is 12.4. The molecule has 1 heterocycles. The summed E-state index contributed by atoms with van der Waals surface area (Å²) in [7, 11) is 1.55.